The molecular weight excluding hydrogens is 602 g/mol. The van der Waals surface area contributed by atoms with Crippen LogP contribution in [-0.4, -0.2) is 44.3 Å². The van der Waals surface area contributed by atoms with Gasteiger partial charge in [-0.1, -0.05) is 60.5 Å². The minimum absolute atomic E-state index is 0.105. The molecule has 1 atom stereocenters. The van der Waals surface area contributed by atoms with Crippen molar-refractivity contribution in [1.29, 1.82) is 0 Å². The van der Waals surface area contributed by atoms with Crippen LogP contribution < -0.4 is 9.62 Å². The number of halogens is 5. The second-order valence-corrected chi connectivity index (χ2v) is 11.8. The zero-order valence-electron chi connectivity index (χ0n) is 22.2. The molecule has 0 spiro atoms. The Labute approximate surface area is 246 Å². The summed E-state index contributed by atoms with van der Waals surface area (Å²) in [7, 11) is -4.59. The third-order valence-electron chi connectivity index (χ3n) is 6.13. The summed E-state index contributed by atoms with van der Waals surface area (Å²) in [6, 6.07) is 14.6. The Morgan fingerprint density at radius 3 is 2.20 bits per heavy atom. The van der Waals surface area contributed by atoms with Gasteiger partial charge in [0, 0.05) is 18.1 Å². The Kier molecular flexibility index (Phi) is 10.7. The van der Waals surface area contributed by atoms with Crippen molar-refractivity contribution >= 4 is 50.7 Å². The number of rotatable bonds is 11. The Morgan fingerprint density at radius 2 is 1.61 bits per heavy atom. The van der Waals surface area contributed by atoms with E-state index in [0.29, 0.717) is 40.0 Å². The van der Waals surface area contributed by atoms with Gasteiger partial charge in [0.05, 0.1) is 21.2 Å². The van der Waals surface area contributed by atoms with Crippen LogP contribution >= 0.6 is 23.2 Å². The van der Waals surface area contributed by atoms with Crippen molar-refractivity contribution in [3.8, 4) is 0 Å². The number of benzene rings is 3. The maximum Gasteiger partial charge on any atom is 0.416 e. The predicted molar refractivity (Wildman–Crippen MR) is 152 cm³/mol. The average molecular weight is 631 g/mol. The Balaban J connectivity index is 2.11. The summed E-state index contributed by atoms with van der Waals surface area (Å²) in [5.41, 5.74) is -1.09. The second kappa shape index (κ2) is 13.6. The molecule has 0 aliphatic carbocycles. The molecule has 0 bridgehead atoms. The molecule has 3 aromatic carbocycles. The van der Waals surface area contributed by atoms with Crippen molar-refractivity contribution in [3.63, 3.8) is 0 Å². The Hall–Kier alpha value is -3.28. The van der Waals surface area contributed by atoms with Gasteiger partial charge in [-0.2, -0.15) is 13.2 Å². The van der Waals surface area contributed by atoms with E-state index in [9.17, 15) is 31.2 Å². The van der Waals surface area contributed by atoms with Crippen molar-refractivity contribution < 1.29 is 31.2 Å². The third-order valence-corrected chi connectivity index (χ3v) is 8.48. The van der Waals surface area contributed by atoms with Gasteiger partial charge in [-0.05, 0) is 61.4 Å². The maximum absolute atomic E-state index is 13.8. The molecule has 1 N–H and O–H groups in total. The quantitative estimate of drug-likeness (QED) is 0.276. The van der Waals surface area contributed by atoms with E-state index in [-0.39, 0.29) is 16.5 Å². The van der Waals surface area contributed by atoms with E-state index in [1.165, 1.54) is 31.2 Å². The molecule has 2 amide bonds. The van der Waals surface area contributed by atoms with E-state index in [2.05, 4.69) is 5.32 Å². The number of alkyl halides is 3. The lowest BCUT2D eigenvalue weighted by Crippen LogP contribution is -2.51. The molecule has 0 radical (unpaired) electrons. The van der Waals surface area contributed by atoms with Gasteiger partial charge in [-0.25, -0.2) is 8.42 Å². The van der Waals surface area contributed by atoms with E-state index >= 15 is 0 Å². The minimum Gasteiger partial charge on any atom is -0.354 e. The Morgan fingerprint density at radius 1 is 0.976 bits per heavy atom. The smallest absolute Gasteiger partial charge is 0.354 e. The number of carbonyl (C=O) groups excluding carboxylic acids is 2. The molecule has 0 saturated carbocycles. The van der Waals surface area contributed by atoms with E-state index < -0.39 is 51.9 Å². The number of nitrogens with one attached hydrogen (secondary N) is 1. The first-order valence-corrected chi connectivity index (χ1v) is 14.7. The molecule has 0 saturated heterocycles. The first-order chi connectivity index (χ1) is 19.3. The summed E-state index contributed by atoms with van der Waals surface area (Å²) < 4.78 is 68.9. The molecule has 0 aromatic heterocycles. The molecule has 3 aromatic rings. The van der Waals surface area contributed by atoms with Crippen molar-refractivity contribution in [2.45, 2.75) is 43.9 Å². The van der Waals surface area contributed by atoms with Crippen LogP contribution in [0.3, 0.4) is 0 Å². The van der Waals surface area contributed by atoms with Crippen molar-refractivity contribution in [2.75, 3.05) is 17.4 Å². The molecule has 0 aliphatic heterocycles. The summed E-state index contributed by atoms with van der Waals surface area (Å²) in [6.07, 6.45) is -4.17. The van der Waals surface area contributed by atoms with Crippen LogP contribution in [0.15, 0.2) is 77.7 Å². The highest BCUT2D eigenvalue weighted by molar-refractivity contribution is 7.92. The van der Waals surface area contributed by atoms with Crippen LogP contribution in [0.25, 0.3) is 0 Å². The van der Waals surface area contributed by atoms with Crippen LogP contribution in [0.2, 0.25) is 10.0 Å². The highest BCUT2D eigenvalue weighted by atomic mass is 35.5. The maximum atomic E-state index is 13.8. The topological polar surface area (TPSA) is 86.8 Å². The van der Waals surface area contributed by atoms with Gasteiger partial charge in [-0.15, -0.1) is 0 Å². The number of carbonyl (C=O) groups is 2. The number of hydrogen-bond acceptors (Lipinski definition) is 4. The zero-order valence-corrected chi connectivity index (χ0v) is 24.5. The van der Waals surface area contributed by atoms with E-state index in [1.807, 2.05) is 6.92 Å². The monoisotopic (exact) mass is 629 g/mol. The molecule has 0 aliphatic rings. The summed E-state index contributed by atoms with van der Waals surface area (Å²) >= 11 is 12.2. The van der Waals surface area contributed by atoms with Gasteiger partial charge in [0.15, 0.2) is 0 Å². The number of anilines is 1. The van der Waals surface area contributed by atoms with Crippen LogP contribution in [0.4, 0.5) is 18.9 Å². The van der Waals surface area contributed by atoms with Crippen LogP contribution in [0, 0.1) is 0 Å². The SMILES string of the molecule is CCCNC(=O)[C@@H](C)N(Cc1ccc(Cl)cc1)C(=O)CN(c1cc(C(F)(F)F)ccc1Cl)S(=O)(=O)c1ccccc1. The summed E-state index contributed by atoms with van der Waals surface area (Å²) in [5, 5.41) is 2.83. The first kappa shape index (κ1) is 32.2. The van der Waals surface area contributed by atoms with Crippen molar-refractivity contribution in [2.24, 2.45) is 0 Å². The average Bonchev–Trinajstić information content (AvgIpc) is 2.94. The van der Waals surface area contributed by atoms with Crippen LogP contribution in [0.1, 0.15) is 31.4 Å². The van der Waals surface area contributed by atoms with Gasteiger partial charge < -0.3 is 10.2 Å². The minimum atomic E-state index is -4.81. The third kappa shape index (κ3) is 8.15. The van der Waals surface area contributed by atoms with Crippen molar-refractivity contribution in [3.05, 3.63) is 94.0 Å². The fraction of sp³-hybridized carbons (Fsp3) is 0.286. The summed E-state index contributed by atoms with van der Waals surface area (Å²) in [5.74, 6) is -1.32. The normalized spacial score (nSPS) is 12.5. The molecule has 0 heterocycles. The van der Waals surface area contributed by atoms with Crippen molar-refractivity contribution in [1.82, 2.24) is 10.2 Å². The number of hydrogen-bond donors (Lipinski definition) is 1. The summed E-state index contributed by atoms with van der Waals surface area (Å²) in [4.78, 5) is 27.6. The zero-order chi connectivity index (χ0) is 30.4. The molecule has 0 fully saturated rings. The van der Waals surface area contributed by atoms with Crippen LogP contribution in [-0.2, 0) is 32.3 Å². The molecule has 41 heavy (non-hydrogen) atoms. The summed E-state index contributed by atoms with van der Waals surface area (Å²) in [6.45, 7) is 2.64. The first-order valence-electron chi connectivity index (χ1n) is 12.5. The standard InChI is InChI=1S/C28H28Cl2F3N3O4S/c1-3-15-34-27(38)19(2)35(17-20-9-12-22(29)13-10-20)26(37)18-36(41(39,40)23-7-5-4-6-8-23)25-16-21(28(31,32)33)11-14-24(25)30/h4-14,16,19H,3,15,17-18H2,1-2H3,(H,34,38)/t19-/m1/s1. The highest BCUT2D eigenvalue weighted by Crippen LogP contribution is 2.37. The fourth-order valence-electron chi connectivity index (χ4n) is 3.88. The van der Waals surface area contributed by atoms with Crippen LogP contribution in [0.5, 0.6) is 0 Å². The van der Waals surface area contributed by atoms with E-state index in [4.69, 9.17) is 23.2 Å². The largest absolute Gasteiger partial charge is 0.416 e. The van der Waals surface area contributed by atoms with Gasteiger partial charge in [-0.3, -0.25) is 13.9 Å². The lowest BCUT2D eigenvalue weighted by atomic mass is 10.1. The fourth-order valence-corrected chi connectivity index (χ4v) is 5.72. The molecule has 13 heteroatoms. The van der Waals surface area contributed by atoms with Gasteiger partial charge in [0.25, 0.3) is 10.0 Å². The second-order valence-electron chi connectivity index (χ2n) is 9.10. The number of nitrogens with zero attached hydrogens (tertiary/aromatic N) is 2. The number of amides is 2. The van der Waals surface area contributed by atoms with Gasteiger partial charge in [0.1, 0.15) is 12.6 Å². The molecular formula is C28H28Cl2F3N3O4S. The lowest BCUT2D eigenvalue weighted by molar-refractivity contribution is -0.139. The van der Waals surface area contributed by atoms with E-state index in [1.54, 1.807) is 30.3 Å². The number of sulfonamides is 1. The molecule has 0 unspecified atom stereocenters. The molecule has 3 rings (SSSR count). The Bertz CT molecular complexity index is 1470. The lowest BCUT2D eigenvalue weighted by Gasteiger charge is -2.32. The van der Waals surface area contributed by atoms with Gasteiger partial charge in [0.2, 0.25) is 11.8 Å². The predicted octanol–water partition coefficient (Wildman–Crippen LogP) is 6.15. The highest BCUT2D eigenvalue weighted by Gasteiger charge is 2.36. The van der Waals surface area contributed by atoms with E-state index in [0.717, 1.165) is 11.0 Å². The molecule has 220 valence electrons. The van der Waals surface area contributed by atoms with Gasteiger partial charge >= 0.3 is 6.18 Å². The molecule has 7 nitrogen and oxygen atoms in total.